The molecular formula is C18H21N3O2. The van der Waals surface area contributed by atoms with E-state index >= 15 is 0 Å². The lowest BCUT2D eigenvalue weighted by molar-refractivity contribution is 0.0873. The van der Waals surface area contributed by atoms with Gasteiger partial charge in [-0.05, 0) is 25.2 Å². The molecule has 3 rings (SSSR count). The third kappa shape index (κ3) is 4.13. The zero-order chi connectivity index (χ0) is 16.1. The highest BCUT2D eigenvalue weighted by Crippen LogP contribution is 2.23. The molecule has 0 aliphatic heterocycles. The summed E-state index contributed by atoms with van der Waals surface area (Å²) in [5.41, 5.74) is 1.39. The van der Waals surface area contributed by atoms with Crippen LogP contribution in [0.4, 0.5) is 0 Å². The van der Waals surface area contributed by atoms with Gasteiger partial charge >= 0.3 is 0 Å². The summed E-state index contributed by atoms with van der Waals surface area (Å²) in [7, 11) is 0. The predicted molar refractivity (Wildman–Crippen MR) is 87.8 cm³/mol. The maximum absolute atomic E-state index is 12.2. The maximum Gasteiger partial charge on any atom is 0.254 e. The van der Waals surface area contributed by atoms with E-state index in [1.807, 2.05) is 30.3 Å². The lowest BCUT2D eigenvalue weighted by Crippen LogP contribution is -2.33. The highest BCUT2D eigenvalue weighted by Gasteiger charge is 2.20. The van der Waals surface area contributed by atoms with Crippen LogP contribution in [-0.2, 0) is 0 Å². The number of carbonyl (C=O) groups is 1. The number of rotatable bonds is 4. The molecule has 2 atom stereocenters. The normalized spacial score (nSPS) is 20.9. The van der Waals surface area contributed by atoms with E-state index in [1.165, 1.54) is 0 Å². The molecule has 2 aromatic rings. The summed E-state index contributed by atoms with van der Waals surface area (Å²) in [6, 6.07) is 9.66. The van der Waals surface area contributed by atoms with Crippen molar-refractivity contribution in [1.29, 1.82) is 0 Å². The second kappa shape index (κ2) is 7.33. The smallest absolute Gasteiger partial charge is 0.254 e. The van der Waals surface area contributed by atoms with Gasteiger partial charge in [-0.2, -0.15) is 0 Å². The SMILES string of the molecule is O=C(NCC1CCCC(O)C1)c1cnc(-c2ccccc2)nc1. The van der Waals surface area contributed by atoms with Gasteiger partial charge in [0.25, 0.3) is 5.91 Å². The van der Waals surface area contributed by atoms with E-state index in [9.17, 15) is 9.90 Å². The molecule has 1 aliphatic rings. The minimum absolute atomic E-state index is 0.162. The Bertz CT molecular complexity index is 643. The van der Waals surface area contributed by atoms with Crippen LogP contribution < -0.4 is 5.32 Å². The number of benzene rings is 1. The number of amides is 1. The first-order valence-corrected chi connectivity index (χ1v) is 8.06. The van der Waals surface area contributed by atoms with Crippen LogP contribution in [0.25, 0.3) is 11.4 Å². The van der Waals surface area contributed by atoms with E-state index < -0.39 is 0 Å². The topological polar surface area (TPSA) is 75.1 Å². The lowest BCUT2D eigenvalue weighted by Gasteiger charge is -2.25. The minimum Gasteiger partial charge on any atom is -0.393 e. The van der Waals surface area contributed by atoms with Crippen molar-refractivity contribution in [3.8, 4) is 11.4 Å². The fraction of sp³-hybridized carbons (Fsp3) is 0.389. The zero-order valence-electron chi connectivity index (χ0n) is 13.0. The average Bonchev–Trinajstić information content (AvgIpc) is 2.61. The number of nitrogens with one attached hydrogen (secondary N) is 1. The summed E-state index contributed by atoms with van der Waals surface area (Å²) < 4.78 is 0. The highest BCUT2D eigenvalue weighted by molar-refractivity contribution is 5.93. The van der Waals surface area contributed by atoms with Gasteiger partial charge in [-0.25, -0.2) is 9.97 Å². The van der Waals surface area contributed by atoms with Gasteiger partial charge < -0.3 is 10.4 Å². The Morgan fingerprint density at radius 2 is 1.91 bits per heavy atom. The van der Waals surface area contributed by atoms with E-state index in [1.54, 1.807) is 12.4 Å². The van der Waals surface area contributed by atoms with Crippen molar-refractivity contribution < 1.29 is 9.90 Å². The number of aliphatic hydroxyl groups excluding tert-OH is 1. The van der Waals surface area contributed by atoms with Gasteiger partial charge in [0.05, 0.1) is 11.7 Å². The summed E-state index contributed by atoms with van der Waals surface area (Å²) in [6.07, 6.45) is 6.61. The standard InChI is InChI=1S/C18H21N3O2/c22-16-8-4-5-13(9-16)10-21-18(23)15-11-19-17(20-12-15)14-6-2-1-3-7-14/h1-3,6-7,11-13,16,22H,4-5,8-10H2,(H,21,23). The lowest BCUT2D eigenvalue weighted by atomic mass is 9.87. The van der Waals surface area contributed by atoms with Crippen molar-refractivity contribution in [3.05, 3.63) is 48.3 Å². The molecular weight excluding hydrogens is 290 g/mol. The molecule has 0 saturated heterocycles. The maximum atomic E-state index is 12.2. The Hall–Kier alpha value is -2.27. The first kappa shape index (κ1) is 15.6. The Labute approximate surface area is 135 Å². The number of hydrogen-bond acceptors (Lipinski definition) is 4. The highest BCUT2D eigenvalue weighted by atomic mass is 16.3. The Balaban J connectivity index is 1.57. The first-order chi connectivity index (χ1) is 11.2. The summed E-state index contributed by atoms with van der Waals surface area (Å²) in [5, 5.41) is 12.6. The van der Waals surface area contributed by atoms with Crippen molar-refractivity contribution in [1.82, 2.24) is 15.3 Å². The molecule has 2 N–H and O–H groups in total. The van der Waals surface area contributed by atoms with Gasteiger partial charge in [0.2, 0.25) is 0 Å². The summed E-state index contributed by atoms with van der Waals surface area (Å²) in [4.78, 5) is 20.7. The molecule has 23 heavy (non-hydrogen) atoms. The summed E-state index contributed by atoms with van der Waals surface area (Å²) in [6.45, 7) is 0.594. The summed E-state index contributed by atoms with van der Waals surface area (Å²) >= 11 is 0. The monoisotopic (exact) mass is 311 g/mol. The molecule has 5 nitrogen and oxygen atoms in total. The second-order valence-corrected chi connectivity index (χ2v) is 6.06. The van der Waals surface area contributed by atoms with Crippen LogP contribution in [0.3, 0.4) is 0 Å². The fourth-order valence-electron chi connectivity index (χ4n) is 2.97. The van der Waals surface area contributed by atoms with Crippen molar-refractivity contribution in [3.63, 3.8) is 0 Å². The Morgan fingerprint density at radius 3 is 2.61 bits per heavy atom. The van der Waals surface area contributed by atoms with Gasteiger partial charge in [0.15, 0.2) is 5.82 Å². The largest absolute Gasteiger partial charge is 0.393 e. The van der Waals surface area contributed by atoms with Gasteiger partial charge in [-0.1, -0.05) is 36.8 Å². The van der Waals surface area contributed by atoms with E-state index in [4.69, 9.17) is 0 Å². The molecule has 0 bridgehead atoms. The van der Waals surface area contributed by atoms with E-state index in [2.05, 4.69) is 15.3 Å². The predicted octanol–water partition coefficient (Wildman–Crippen LogP) is 2.42. The third-order valence-corrected chi connectivity index (χ3v) is 4.25. The van der Waals surface area contributed by atoms with Crippen LogP contribution in [-0.4, -0.2) is 33.6 Å². The number of hydrogen-bond donors (Lipinski definition) is 2. The third-order valence-electron chi connectivity index (χ3n) is 4.25. The molecule has 1 heterocycles. The summed E-state index contributed by atoms with van der Waals surface area (Å²) in [5.74, 6) is 0.800. The molecule has 2 unspecified atom stereocenters. The van der Waals surface area contributed by atoms with Crippen LogP contribution in [0, 0.1) is 5.92 Å². The molecule has 0 radical (unpaired) electrons. The molecule has 120 valence electrons. The Morgan fingerprint density at radius 1 is 1.17 bits per heavy atom. The van der Waals surface area contributed by atoms with Crippen LogP contribution in [0.1, 0.15) is 36.0 Å². The molecule has 1 saturated carbocycles. The van der Waals surface area contributed by atoms with Crippen LogP contribution in [0.5, 0.6) is 0 Å². The molecule has 1 aliphatic carbocycles. The van der Waals surface area contributed by atoms with Crippen molar-refractivity contribution >= 4 is 5.91 Å². The van der Waals surface area contributed by atoms with Crippen molar-refractivity contribution in [2.45, 2.75) is 31.8 Å². The molecule has 1 aromatic carbocycles. The number of aliphatic hydroxyl groups is 1. The minimum atomic E-state index is -0.223. The molecule has 1 aromatic heterocycles. The van der Waals surface area contributed by atoms with Gasteiger partial charge in [-0.15, -0.1) is 0 Å². The molecule has 1 fully saturated rings. The van der Waals surface area contributed by atoms with E-state index in [0.29, 0.717) is 23.9 Å². The van der Waals surface area contributed by atoms with E-state index in [-0.39, 0.29) is 12.0 Å². The number of carbonyl (C=O) groups excluding carboxylic acids is 1. The second-order valence-electron chi connectivity index (χ2n) is 6.06. The van der Waals surface area contributed by atoms with Crippen molar-refractivity contribution in [2.75, 3.05) is 6.54 Å². The van der Waals surface area contributed by atoms with Crippen LogP contribution >= 0.6 is 0 Å². The van der Waals surface area contributed by atoms with E-state index in [0.717, 1.165) is 31.2 Å². The van der Waals surface area contributed by atoms with Crippen LogP contribution in [0.2, 0.25) is 0 Å². The molecule has 0 spiro atoms. The quantitative estimate of drug-likeness (QED) is 0.909. The zero-order valence-corrected chi connectivity index (χ0v) is 13.0. The number of nitrogens with zero attached hydrogens (tertiary/aromatic N) is 2. The van der Waals surface area contributed by atoms with Gasteiger partial charge in [-0.3, -0.25) is 4.79 Å². The average molecular weight is 311 g/mol. The van der Waals surface area contributed by atoms with Gasteiger partial charge in [0, 0.05) is 24.5 Å². The van der Waals surface area contributed by atoms with Crippen LogP contribution in [0.15, 0.2) is 42.7 Å². The fourth-order valence-corrected chi connectivity index (χ4v) is 2.97. The Kier molecular flexibility index (Phi) is 4.98. The van der Waals surface area contributed by atoms with Gasteiger partial charge in [0.1, 0.15) is 0 Å². The van der Waals surface area contributed by atoms with Crippen molar-refractivity contribution in [2.24, 2.45) is 5.92 Å². The first-order valence-electron chi connectivity index (χ1n) is 8.06. The number of aromatic nitrogens is 2. The molecule has 5 heteroatoms. The molecule has 1 amide bonds.